The number of anilines is 2. The molecule has 0 bridgehead atoms. The average Bonchev–Trinajstić information content (AvgIpc) is 3.03. The first-order valence-corrected chi connectivity index (χ1v) is 6.34. The zero-order valence-corrected chi connectivity index (χ0v) is 11.1. The van der Waals surface area contributed by atoms with Gasteiger partial charge in [0, 0.05) is 16.9 Å². The molecule has 3 rings (SSSR count). The second kappa shape index (κ2) is 5.46. The molecule has 0 atom stereocenters. The molecule has 0 saturated heterocycles. The molecule has 3 aromatic rings. The first-order chi connectivity index (χ1) is 10.2. The smallest absolute Gasteiger partial charge is 0.255 e. The number of carbonyl (C=O) groups is 1. The van der Waals surface area contributed by atoms with Crippen LogP contribution in [0.3, 0.4) is 0 Å². The van der Waals surface area contributed by atoms with E-state index < -0.39 is 0 Å². The van der Waals surface area contributed by atoms with Gasteiger partial charge in [0.15, 0.2) is 0 Å². The molecule has 0 aliphatic heterocycles. The SMILES string of the molecule is Nc1ccc(C(=O)Nc2ccc(-n3cncn3)cc2)cc1. The quantitative estimate of drug-likeness (QED) is 0.719. The molecule has 0 saturated carbocycles. The van der Waals surface area contributed by atoms with Crippen molar-refractivity contribution in [1.82, 2.24) is 14.8 Å². The number of aromatic nitrogens is 3. The van der Waals surface area contributed by atoms with Crippen LogP contribution in [0.5, 0.6) is 0 Å². The van der Waals surface area contributed by atoms with Crippen molar-refractivity contribution in [1.29, 1.82) is 0 Å². The highest BCUT2D eigenvalue weighted by Crippen LogP contribution is 2.14. The zero-order valence-electron chi connectivity index (χ0n) is 11.1. The third-order valence-electron chi connectivity index (χ3n) is 2.98. The Hall–Kier alpha value is -3.15. The highest BCUT2D eigenvalue weighted by atomic mass is 16.1. The molecule has 104 valence electrons. The van der Waals surface area contributed by atoms with Crippen molar-refractivity contribution in [2.75, 3.05) is 11.1 Å². The fourth-order valence-corrected chi connectivity index (χ4v) is 1.88. The van der Waals surface area contributed by atoms with Gasteiger partial charge in [0.05, 0.1) is 5.69 Å². The van der Waals surface area contributed by atoms with Gasteiger partial charge in [0.25, 0.3) is 5.91 Å². The van der Waals surface area contributed by atoms with Crippen LogP contribution in [-0.4, -0.2) is 20.7 Å². The summed E-state index contributed by atoms with van der Waals surface area (Å²) in [6, 6.07) is 14.1. The summed E-state index contributed by atoms with van der Waals surface area (Å²) in [5.41, 5.74) is 8.37. The molecule has 1 heterocycles. The number of nitrogen functional groups attached to an aromatic ring is 1. The minimum absolute atomic E-state index is 0.177. The molecule has 6 heteroatoms. The van der Waals surface area contributed by atoms with Crippen molar-refractivity contribution in [2.45, 2.75) is 0 Å². The minimum Gasteiger partial charge on any atom is -0.399 e. The number of nitrogens with two attached hydrogens (primary N) is 1. The molecule has 2 aromatic carbocycles. The van der Waals surface area contributed by atoms with Gasteiger partial charge in [0.2, 0.25) is 0 Å². The monoisotopic (exact) mass is 279 g/mol. The summed E-state index contributed by atoms with van der Waals surface area (Å²) in [6.45, 7) is 0. The van der Waals surface area contributed by atoms with Gasteiger partial charge in [-0.05, 0) is 48.5 Å². The molecule has 6 nitrogen and oxygen atoms in total. The van der Waals surface area contributed by atoms with Crippen LogP contribution in [0.1, 0.15) is 10.4 Å². The number of amides is 1. The standard InChI is InChI=1S/C15H13N5O/c16-12-3-1-11(2-4-12)15(21)19-13-5-7-14(8-6-13)20-10-17-9-18-20/h1-10H,16H2,(H,19,21). The normalized spacial score (nSPS) is 10.3. The van der Waals surface area contributed by atoms with Crippen LogP contribution in [0.25, 0.3) is 5.69 Å². The van der Waals surface area contributed by atoms with Gasteiger partial charge in [-0.25, -0.2) is 9.67 Å². The Morgan fingerprint density at radius 2 is 1.76 bits per heavy atom. The average molecular weight is 279 g/mol. The van der Waals surface area contributed by atoms with Crippen molar-refractivity contribution in [3.8, 4) is 5.69 Å². The Morgan fingerprint density at radius 1 is 1.05 bits per heavy atom. The lowest BCUT2D eigenvalue weighted by Crippen LogP contribution is -2.11. The minimum atomic E-state index is -0.177. The summed E-state index contributed by atoms with van der Waals surface area (Å²) in [4.78, 5) is 15.9. The third kappa shape index (κ3) is 2.89. The molecule has 0 fully saturated rings. The Balaban J connectivity index is 1.73. The first kappa shape index (κ1) is 12.9. The Morgan fingerprint density at radius 3 is 2.38 bits per heavy atom. The first-order valence-electron chi connectivity index (χ1n) is 6.34. The fraction of sp³-hybridized carbons (Fsp3) is 0. The lowest BCUT2D eigenvalue weighted by atomic mass is 10.2. The van der Waals surface area contributed by atoms with Crippen LogP contribution in [0.4, 0.5) is 11.4 Å². The van der Waals surface area contributed by atoms with E-state index in [1.165, 1.54) is 6.33 Å². The van der Waals surface area contributed by atoms with Crippen molar-refractivity contribution >= 4 is 17.3 Å². The highest BCUT2D eigenvalue weighted by Gasteiger charge is 2.06. The second-order valence-corrected chi connectivity index (χ2v) is 4.46. The highest BCUT2D eigenvalue weighted by molar-refractivity contribution is 6.04. The summed E-state index contributed by atoms with van der Waals surface area (Å²) in [5.74, 6) is -0.177. The Bertz CT molecular complexity index is 733. The molecule has 0 unspecified atom stereocenters. The molecule has 0 spiro atoms. The van der Waals surface area contributed by atoms with Crippen LogP contribution in [0.15, 0.2) is 61.2 Å². The maximum atomic E-state index is 12.1. The van der Waals surface area contributed by atoms with Crippen molar-refractivity contribution < 1.29 is 4.79 Å². The number of hydrogen-bond acceptors (Lipinski definition) is 4. The topological polar surface area (TPSA) is 85.8 Å². The van der Waals surface area contributed by atoms with E-state index in [2.05, 4.69) is 15.4 Å². The second-order valence-electron chi connectivity index (χ2n) is 4.46. The predicted octanol–water partition coefficient (Wildman–Crippen LogP) is 2.10. The summed E-state index contributed by atoms with van der Waals surface area (Å²) in [5, 5.41) is 6.86. The molecular weight excluding hydrogens is 266 g/mol. The van der Waals surface area contributed by atoms with Gasteiger partial charge in [-0.3, -0.25) is 4.79 Å². The van der Waals surface area contributed by atoms with Gasteiger partial charge in [0.1, 0.15) is 12.7 Å². The van der Waals surface area contributed by atoms with E-state index in [-0.39, 0.29) is 5.91 Å². The van der Waals surface area contributed by atoms with Crippen LogP contribution < -0.4 is 11.1 Å². The Labute approximate surface area is 121 Å². The van der Waals surface area contributed by atoms with E-state index in [1.807, 2.05) is 24.3 Å². The van der Waals surface area contributed by atoms with Gasteiger partial charge in [-0.15, -0.1) is 0 Å². The number of carbonyl (C=O) groups excluding carboxylic acids is 1. The van der Waals surface area contributed by atoms with Crippen LogP contribution >= 0.6 is 0 Å². The van der Waals surface area contributed by atoms with Gasteiger partial charge < -0.3 is 11.1 Å². The van der Waals surface area contributed by atoms with Crippen LogP contribution in [0.2, 0.25) is 0 Å². The molecule has 21 heavy (non-hydrogen) atoms. The summed E-state index contributed by atoms with van der Waals surface area (Å²) < 4.78 is 1.64. The fourth-order valence-electron chi connectivity index (χ4n) is 1.88. The van der Waals surface area contributed by atoms with E-state index in [0.717, 1.165) is 5.69 Å². The summed E-state index contributed by atoms with van der Waals surface area (Å²) >= 11 is 0. The summed E-state index contributed by atoms with van der Waals surface area (Å²) in [6.07, 6.45) is 3.08. The number of nitrogens with zero attached hydrogens (tertiary/aromatic N) is 3. The summed E-state index contributed by atoms with van der Waals surface area (Å²) in [7, 11) is 0. The van der Waals surface area contributed by atoms with E-state index in [9.17, 15) is 4.79 Å². The third-order valence-corrected chi connectivity index (χ3v) is 2.98. The number of hydrogen-bond donors (Lipinski definition) is 2. The molecule has 3 N–H and O–H groups in total. The van der Waals surface area contributed by atoms with E-state index >= 15 is 0 Å². The number of rotatable bonds is 3. The van der Waals surface area contributed by atoms with Crippen molar-refractivity contribution in [2.24, 2.45) is 0 Å². The van der Waals surface area contributed by atoms with Gasteiger partial charge >= 0.3 is 0 Å². The maximum absolute atomic E-state index is 12.1. The van der Waals surface area contributed by atoms with E-state index in [1.54, 1.807) is 35.3 Å². The molecule has 0 radical (unpaired) electrons. The van der Waals surface area contributed by atoms with E-state index in [4.69, 9.17) is 5.73 Å². The predicted molar refractivity (Wildman–Crippen MR) is 80.2 cm³/mol. The van der Waals surface area contributed by atoms with Gasteiger partial charge in [-0.2, -0.15) is 5.10 Å². The maximum Gasteiger partial charge on any atom is 0.255 e. The molecule has 0 aliphatic carbocycles. The van der Waals surface area contributed by atoms with Crippen molar-refractivity contribution in [3.63, 3.8) is 0 Å². The largest absolute Gasteiger partial charge is 0.399 e. The lowest BCUT2D eigenvalue weighted by molar-refractivity contribution is 0.102. The lowest BCUT2D eigenvalue weighted by Gasteiger charge is -2.07. The van der Waals surface area contributed by atoms with Crippen molar-refractivity contribution in [3.05, 3.63) is 66.7 Å². The molecule has 1 amide bonds. The molecular formula is C15H13N5O. The molecule has 1 aromatic heterocycles. The number of nitrogens with one attached hydrogen (secondary N) is 1. The van der Waals surface area contributed by atoms with Crippen LogP contribution in [-0.2, 0) is 0 Å². The van der Waals surface area contributed by atoms with E-state index in [0.29, 0.717) is 16.9 Å². The van der Waals surface area contributed by atoms with Gasteiger partial charge in [-0.1, -0.05) is 0 Å². The molecule has 0 aliphatic rings. The number of benzene rings is 2. The van der Waals surface area contributed by atoms with Crippen LogP contribution in [0, 0.1) is 0 Å². The Kier molecular flexibility index (Phi) is 3.34. The zero-order chi connectivity index (χ0) is 14.7.